The molecule has 0 aliphatic rings. The Hall–Kier alpha value is 0.259. The molecular weight excluding hydrogens is 444 g/mol. The van der Waals surface area contributed by atoms with Crippen LogP contribution < -0.4 is 50.9 Å². The fourth-order valence-electron chi connectivity index (χ4n) is 0.625. The first-order valence-electron chi connectivity index (χ1n) is 3.70. The van der Waals surface area contributed by atoms with E-state index in [1.807, 2.05) is 36.4 Å². The van der Waals surface area contributed by atoms with Crippen molar-refractivity contribution in [3.8, 4) is 0 Å². The number of aromatic nitrogens is 2. The molecule has 2 rings (SSSR count). The molecule has 1 radical (unpaired) electrons. The maximum Gasteiger partial charge on any atom is 3.00 e. The number of pyridine rings is 2. The van der Waals surface area contributed by atoms with Crippen LogP contribution in [0.3, 0.4) is 0 Å². The molecule has 0 aliphatic heterocycles. The quantitative estimate of drug-likeness (QED) is 0.371. The Kier molecular flexibility index (Phi) is 32.5. The zero-order chi connectivity index (χ0) is 8.49. The molecule has 2 heterocycles. The molecule has 6 heteroatoms. The molecule has 0 unspecified atom stereocenters. The van der Waals surface area contributed by atoms with E-state index in [2.05, 4.69) is 9.97 Å². The van der Waals surface area contributed by atoms with Crippen molar-refractivity contribution in [1.29, 1.82) is 0 Å². The van der Waals surface area contributed by atoms with Crippen LogP contribution in [0.15, 0.2) is 61.2 Å². The van der Waals surface area contributed by atoms with Crippen molar-refractivity contribution in [2.45, 2.75) is 0 Å². The number of halogens is 3. The average Bonchev–Trinajstić information content (AvgIpc) is 2.24. The van der Waals surface area contributed by atoms with E-state index >= 15 is 0 Å². The van der Waals surface area contributed by atoms with Crippen molar-refractivity contribution in [2.24, 2.45) is 0 Å². The summed E-state index contributed by atoms with van der Waals surface area (Å²) in [7, 11) is 0. The van der Waals surface area contributed by atoms with E-state index in [4.69, 9.17) is 0 Å². The van der Waals surface area contributed by atoms with Crippen LogP contribution in [-0.4, -0.2) is 9.97 Å². The maximum absolute atomic E-state index is 3.78. The predicted molar refractivity (Wildman–Crippen MR) is 48.5 cm³/mol. The van der Waals surface area contributed by atoms with E-state index in [1.54, 1.807) is 24.8 Å². The van der Waals surface area contributed by atoms with Crippen molar-refractivity contribution < 1.29 is 68.0 Å². The largest absolute Gasteiger partial charge is 3.00 e. The van der Waals surface area contributed by atoms with Gasteiger partial charge >= 0.3 is 17.1 Å². The van der Waals surface area contributed by atoms with Gasteiger partial charge in [0.05, 0.1) is 0 Å². The van der Waals surface area contributed by atoms with Crippen LogP contribution in [-0.2, 0) is 17.1 Å². The van der Waals surface area contributed by atoms with Crippen molar-refractivity contribution >= 4 is 0 Å². The molecule has 0 bridgehead atoms. The molecular formula is C10H10Br3FeN2. The molecule has 16 heavy (non-hydrogen) atoms. The third kappa shape index (κ3) is 16.7. The molecule has 2 aromatic rings. The van der Waals surface area contributed by atoms with Crippen LogP contribution in [0.25, 0.3) is 0 Å². The number of rotatable bonds is 0. The van der Waals surface area contributed by atoms with Crippen molar-refractivity contribution in [1.82, 2.24) is 9.97 Å². The molecule has 0 atom stereocenters. The fourth-order valence-corrected chi connectivity index (χ4v) is 0.625. The molecule has 2 aromatic heterocycles. The Morgan fingerprint density at radius 2 is 0.688 bits per heavy atom. The van der Waals surface area contributed by atoms with Crippen LogP contribution in [0.2, 0.25) is 0 Å². The van der Waals surface area contributed by atoms with Gasteiger partial charge in [-0.1, -0.05) is 12.1 Å². The SMILES string of the molecule is [Br-].[Br-].[Br-].[Fe+3].c1ccncc1.c1ccncc1. The molecule has 0 saturated heterocycles. The van der Waals surface area contributed by atoms with Gasteiger partial charge in [-0.15, -0.1) is 0 Å². The zero-order valence-corrected chi connectivity index (χ0v) is 14.0. The Morgan fingerprint density at radius 1 is 0.438 bits per heavy atom. The molecule has 0 aliphatic carbocycles. The first-order valence-corrected chi connectivity index (χ1v) is 3.70. The summed E-state index contributed by atoms with van der Waals surface area (Å²) >= 11 is 0. The normalized spacial score (nSPS) is 6.00. The van der Waals surface area contributed by atoms with Crippen LogP contribution in [0.1, 0.15) is 0 Å². The summed E-state index contributed by atoms with van der Waals surface area (Å²) in [5.41, 5.74) is 0. The number of nitrogens with zero attached hydrogens (tertiary/aromatic N) is 2. The Morgan fingerprint density at radius 3 is 0.750 bits per heavy atom. The molecule has 0 amide bonds. The van der Waals surface area contributed by atoms with Crippen LogP contribution in [0.5, 0.6) is 0 Å². The van der Waals surface area contributed by atoms with Crippen molar-refractivity contribution in [3.05, 3.63) is 61.2 Å². The molecule has 89 valence electrons. The van der Waals surface area contributed by atoms with E-state index in [-0.39, 0.29) is 68.0 Å². The minimum atomic E-state index is 0. The first-order chi connectivity index (χ1) is 6.00. The van der Waals surface area contributed by atoms with Crippen LogP contribution >= 0.6 is 0 Å². The second kappa shape index (κ2) is 20.6. The Bertz CT molecular complexity index is 199. The molecule has 0 fully saturated rings. The first kappa shape index (κ1) is 25.2. The van der Waals surface area contributed by atoms with Gasteiger partial charge < -0.3 is 50.9 Å². The summed E-state index contributed by atoms with van der Waals surface area (Å²) in [5, 5.41) is 0. The fraction of sp³-hybridized carbons (Fsp3) is 0. The van der Waals surface area contributed by atoms with Gasteiger partial charge in [-0.3, -0.25) is 9.97 Å². The summed E-state index contributed by atoms with van der Waals surface area (Å²) in [6, 6.07) is 11.4. The standard InChI is InChI=1S/2C5H5N.3BrH.Fe/c2*1-2-4-6-5-3-1;;;;/h2*1-5H;3*1H;/q;;;;;+3/p-3. The molecule has 0 aromatic carbocycles. The van der Waals surface area contributed by atoms with Crippen molar-refractivity contribution in [3.63, 3.8) is 0 Å². The third-order valence-electron chi connectivity index (χ3n) is 1.13. The molecule has 2 nitrogen and oxygen atoms in total. The van der Waals surface area contributed by atoms with Crippen LogP contribution in [0, 0.1) is 0 Å². The average molecular weight is 454 g/mol. The summed E-state index contributed by atoms with van der Waals surface area (Å²) in [6.45, 7) is 0. The topological polar surface area (TPSA) is 25.8 Å². The van der Waals surface area contributed by atoms with E-state index in [9.17, 15) is 0 Å². The van der Waals surface area contributed by atoms with Gasteiger partial charge in [0, 0.05) is 24.8 Å². The molecule has 0 N–H and O–H groups in total. The summed E-state index contributed by atoms with van der Waals surface area (Å²) in [4.78, 5) is 7.57. The predicted octanol–water partition coefficient (Wildman–Crippen LogP) is -6.83. The summed E-state index contributed by atoms with van der Waals surface area (Å²) in [5.74, 6) is 0. The monoisotopic (exact) mass is 451 g/mol. The molecule has 0 saturated carbocycles. The second-order valence-corrected chi connectivity index (χ2v) is 2.05. The van der Waals surface area contributed by atoms with Gasteiger partial charge in [0.2, 0.25) is 0 Å². The maximum atomic E-state index is 3.78. The third-order valence-corrected chi connectivity index (χ3v) is 1.13. The van der Waals surface area contributed by atoms with Crippen molar-refractivity contribution in [2.75, 3.05) is 0 Å². The zero-order valence-electron chi connectivity index (χ0n) is 8.16. The number of hydrogen-bond acceptors (Lipinski definition) is 2. The van der Waals surface area contributed by atoms with Gasteiger partial charge in [-0.2, -0.15) is 0 Å². The van der Waals surface area contributed by atoms with Crippen LogP contribution in [0.4, 0.5) is 0 Å². The Labute approximate surface area is 138 Å². The van der Waals surface area contributed by atoms with Gasteiger partial charge in [0.15, 0.2) is 0 Å². The summed E-state index contributed by atoms with van der Waals surface area (Å²) in [6.07, 6.45) is 7.00. The number of hydrogen-bond donors (Lipinski definition) is 0. The second-order valence-electron chi connectivity index (χ2n) is 2.05. The summed E-state index contributed by atoms with van der Waals surface area (Å²) < 4.78 is 0. The van der Waals surface area contributed by atoms with E-state index in [1.165, 1.54) is 0 Å². The van der Waals surface area contributed by atoms with E-state index < -0.39 is 0 Å². The van der Waals surface area contributed by atoms with Gasteiger partial charge in [-0.05, 0) is 24.3 Å². The van der Waals surface area contributed by atoms with E-state index in [0.29, 0.717) is 0 Å². The smallest absolute Gasteiger partial charge is 1.00 e. The minimum Gasteiger partial charge on any atom is -1.00 e. The van der Waals surface area contributed by atoms with Gasteiger partial charge in [0.1, 0.15) is 0 Å². The van der Waals surface area contributed by atoms with Gasteiger partial charge in [0.25, 0.3) is 0 Å². The minimum absolute atomic E-state index is 0. The van der Waals surface area contributed by atoms with E-state index in [0.717, 1.165) is 0 Å². The Balaban J connectivity index is -0.0000000720. The van der Waals surface area contributed by atoms with Gasteiger partial charge in [-0.25, -0.2) is 0 Å². The molecule has 0 spiro atoms.